The van der Waals surface area contributed by atoms with Gasteiger partial charge in [0.2, 0.25) is 5.91 Å². The number of aromatic nitrogens is 4. The zero-order chi connectivity index (χ0) is 27.5. The highest BCUT2D eigenvalue weighted by Crippen LogP contribution is 2.34. The number of fused-ring (bicyclic) bond motifs is 1. The fraction of sp³-hybridized carbons (Fsp3) is 0.250. The van der Waals surface area contributed by atoms with Crippen molar-refractivity contribution in [3.05, 3.63) is 77.6 Å². The molecule has 1 aliphatic rings. The smallest absolute Gasteiger partial charge is 0.255 e. The van der Waals surface area contributed by atoms with Crippen LogP contribution in [-0.2, 0) is 11.3 Å². The van der Waals surface area contributed by atoms with E-state index < -0.39 is 0 Å². The second-order valence-corrected chi connectivity index (χ2v) is 9.70. The Morgan fingerprint density at radius 3 is 2.77 bits per heavy atom. The van der Waals surface area contributed by atoms with Crippen LogP contribution in [0.15, 0.2) is 61.4 Å². The number of nitrogens with two attached hydrogens (primary N) is 1. The molecule has 39 heavy (non-hydrogen) atoms. The van der Waals surface area contributed by atoms with Gasteiger partial charge in [0, 0.05) is 30.2 Å². The molecule has 2 aromatic heterocycles. The lowest BCUT2D eigenvalue weighted by atomic mass is 10.1. The molecule has 1 unspecified atom stereocenters. The van der Waals surface area contributed by atoms with Crippen molar-refractivity contribution in [2.24, 2.45) is 0 Å². The normalized spacial score (nSPS) is 15.2. The van der Waals surface area contributed by atoms with Crippen molar-refractivity contribution in [2.75, 3.05) is 25.9 Å². The van der Waals surface area contributed by atoms with Crippen LogP contribution in [0.3, 0.4) is 0 Å². The Kier molecular flexibility index (Phi) is 7.47. The molecule has 200 valence electrons. The van der Waals surface area contributed by atoms with E-state index >= 15 is 0 Å². The summed E-state index contributed by atoms with van der Waals surface area (Å²) in [5, 5.41) is 8.93. The topological polar surface area (TPSA) is 128 Å². The van der Waals surface area contributed by atoms with Crippen LogP contribution in [0.2, 0.25) is 5.02 Å². The van der Waals surface area contributed by atoms with Gasteiger partial charge in [0.25, 0.3) is 5.91 Å². The lowest BCUT2D eigenvalue weighted by molar-refractivity contribution is -0.127. The zero-order valence-electron chi connectivity index (χ0n) is 21.4. The molecule has 2 aromatic carbocycles. The number of benzene rings is 2. The number of anilines is 1. The van der Waals surface area contributed by atoms with Crippen LogP contribution < -0.4 is 15.8 Å². The number of rotatable bonds is 7. The molecule has 11 heteroatoms. The summed E-state index contributed by atoms with van der Waals surface area (Å²) >= 11 is 6.06. The number of methoxy groups -OCH3 is 1. The fourth-order valence-electron chi connectivity index (χ4n) is 4.85. The lowest BCUT2D eigenvalue weighted by Gasteiger charge is -2.32. The zero-order valence-corrected chi connectivity index (χ0v) is 22.2. The van der Waals surface area contributed by atoms with Gasteiger partial charge in [0.1, 0.15) is 23.6 Å². The van der Waals surface area contributed by atoms with Crippen LogP contribution in [0.5, 0.6) is 5.75 Å². The average molecular weight is 546 g/mol. The van der Waals surface area contributed by atoms with E-state index in [0.717, 1.165) is 24.0 Å². The quantitative estimate of drug-likeness (QED) is 0.336. The summed E-state index contributed by atoms with van der Waals surface area (Å²) in [7, 11) is 1.51. The number of carbonyl (C=O) groups is 2. The number of likely N-dealkylation sites (tertiary alicyclic amines) is 1. The van der Waals surface area contributed by atoms with E-state index in [1.54, 1.807) is 23.1 Å². The third-order valence-corrected chi connectivity index (χ3v) is 7.07. The molecule has 2 amide bonds. The third kappa shape index (κ3) is 5.28. The highest BCUT2D eigenvalue weighted by Gasteiger charge is 2.28. The van der Waals surface area contributed by atoms with Crippen LogP contribution in [0.1, 0.15) is 34.8 Å². The van der Waals surface area contributed by atoms with E-state index in [-0.39, 0.29) is 17.9 Å². The van der Waals surface area contributed by atoms with E-state index in [0.29, 0.717) is 58.5 Å². The Morgan fingerprint density at radius 1 is 1.23 bits per heavy atom. The number of halogens is 1. The summed E-state index contributed by atoms with van der Waals surface area (Å²) in [5.41, 5.74) is 9.67. The first kappa shape index (κ1) is 26.2. The minimum absolute atomic E-state index is 0.0498. The number of nitrogens with one attached hydrogen (secondary N) is 1. The molecule has 0 bridgehead atoms. The molecule has 1 atom stereocenters. The maximum atomic E-state index is 12.7. The van der Waals surface area contributed by atoms with Crippen LogP contribution in [0.25, 0.3) is 22.3 Å². The monoisotopic (exact) mass is 545 g/mol. The summed E-state index contributed by atoms with van der Waals surface area (Å²) in [6, 6.07) is 12.5. The number of hydrogen-bond donors (Lipinski definition) is 2. The predicted octanol–water partition coefficient (Wildman–Crippen LogP) is 4.02. The largest absolute Gasteiger partial charge is 0.496 e. The van der Waals surface area contributed by atoms with Crippen molar-refractivity contribution in [1.29, 1.82) is 0 Å². The first-order valence-corrected chi connectivity index (χ1v) is 12.9. The average Bonchev–Trinajstić information content (AvgIpc) is 3.37. The highest BCUT2D eigenvalue weighted by atomic mass is 35.5. The minimum atomic E-state index is -0.287. The first-order chi connectivity index (χ1) is 18.9. The second-order valence-electron chi connectivity index (χ2n) is 9.26. The molecule has 1 fully saturated rings. The van der Waals surface area contributed by atoms with E-state index in [1.165, 1.54) is 19.5 Å². The van der Waals surface area contributed by atoms with Gasteiger partial charge in [0.15, 0.2) is 5.65 Å². The number of piperidine rings is 1. The summed E-state index contributed by atoms with van der Waals surface area (Å²) < 4.78 is 7.14. The lowest BCUT2D eigenvalue weighted by Crippen LogP contribution is -2.40. The Hall–Kier alpha value is -4.44. The fourth-order valence-corrected chi connectivity index (χ4v) is 5.02. The number of amides is 2. The van der Waals surface area contributed by atoms with E-state index in [2.05, 4.69) is 21.9 Å². The van der Waals surface area contributed by atoms with Crippen molar-refractivity contribution in [3.8, 4) is 17.0 Å². The van der Waals surface area contributed by atoms with Gasteiger partial charge in [-0.25, -0.2) is 14.6 Å². The molecule has 3 N–H and O–H groups in total. The Balaban J connectivity index is 1.39. The first-order valence-electron chi connectivity index (χ1n) is 12.5. The van der Waals surface area contributed by atoms with E-state index in [4.69, 9.17) is 27.2 Å². The maximum absolute atomic E-state index is 12.7. The van der Waals surface area contributed by atoms with Gasteiger partial charge in [-0.15, -0.1) is 0 Å². The Morgan fingerprint density at radius 2 is 2.03 bits per heavy atom. The Labute approximate surface area is 230 Å². The number of nitrogens with zero attached hydrogens (tertiary/aromatic N) is 5. The van der Waals surface area contributed by atoms with Crippen LogP contribution in [0.4, 0.5) is 5.82 Å². The van der Waals surface area contributed by atoms with Gasteiger partial charge in [-0.3, -0.25) is 9.59 Å². The molecule has 1 aliphatic heterocycles. The standard InChI is InChI=1S/C28H28ClN7O3/c1-3-23(37)35-12-4-5-20(15-35)36-27-24(26(30)32-16-33-27)25(34-36)18-8-6-17(7-9-18)14-31-28(38)21-13-19(29)10-11-22(21)39-2/h3,6-11,13,16,20H,1,4-5,12,14-15H2,2H3,(H,31,38)(H2,30,32,33). The molecule has 10 nitrogen and oxygen atoms in total. The second kappa shape index (κ2) is 11.1. The van der Waals surface area contributed by atoms with Crippen molar-refractivity contribution < 1.29 is 14.3 Å². The molecular formula is C28H28ClN7O3. The van der Waals surface area contributed by atoms with Crippen molar-refractivity contribution in [3.63, 3.8) is 0 Å². The van der Waals surface area contributed by atoms with Crippen molar-refractivity contribution in [2.45, 2.75) is 25.4 Å². The number of hydrogen-bond acceptors (Lipinski definition) is 7. The van der Waals surface area contributed by atoms with E-state index in [1.807, 2.05) is 28.9 Å². The van der Waals surface area contributed by atoms with Gasteiger partial charge < -0.3 is 20.7 Å². The minimum Gasteiger partial charge on any atom is -0.496 e. The van der Waals surface area contributed by atoms with Crippen LogP contribution >= 0.6 is 11.6 Å². The third-order valence-electron chi connectivity index (χ3n) is 6.83. The number of ether oxygens (including phenoxy) is 1. The van der Waals surface area contributed by atoms with Gasteiger partial charge in [-0.2, -0.15) is 5.10 Å². The SMILES string of the molecule is C=CC(=O)N1CCCC(n2nc(-c3ccc(CNC(=O)c4cc(Cl)ccc4OC)cc3)c3c(N)ncnc32)C1. The molecule has 5 rings (SSSR count). The molecule has 3 heterocycles. The van der Waals surface area contributed by atoms with Crippen molar-refractivity contribution >= 4 is 40.3 Å². The summed E-state index contributed by atoms with van der Waals surface area (Å²) in [4.78, 5) is 35.4. The predicted molar refractivity (Wildman–Crippen MR) is 149 cm³/mol. The molecular weight excluding hydrogens is 518 g/mol. The summed E-state index contributed by atoms with van der Waals surface area (Å²) in [6.07, 6.45) is 4.47. The highest BCUT2D eigenvalue weighted by molar-refractivity contribution is 6.31. The number of carbonyl (C=O) groups excluding carboxylic acids is 2. The van der Waals surface area contributed by atoms with Crippen LogP contribution in [-0.4, -0.2) is 56.7 Å². The van der Waals surface area contributed by atoms with Crippen molar-refractivity contribution in [1.82, 2.24) is 30.0 Å². The molecule has 4 aromatic rings. The Bertz CT molecular complexity index is 1550. The van der Waals surface area contributed by atoms with Crippen LogP contribution in [0, 0.1) is 0 Å². The molecule has 0 saturated carbocycles. The summed E-state index contributed by atoms with van der Waals surface area (Å²) in [6.45, 7) is 5.12. The molecule has 1 saturated heterocycles. The van der Waals surface area contributed by atoms with Gasteiger partial charge in [-0.05, 0) is 42.7 Å². The van der Waals surface area contributed by atoms with Gasteiger partial charge in [0.05, 0.1) is 24.1 Å². The van der Waals surface area contributed by atoms with Gasteiger partial charge in [-0.1, -0.05) is 42.4 Å². The molecule has 0 radical (unpaired) electrons. The number of nitrogen functional groups attached to an aromatic ring is 1. The van der Waals surface area contributed by atoms with E-state index in [9.17, 15) is 9.59 Å². The molecule has 0 aliphatic carbocycles. The molecule has 0 spiro atoms. The maximum Gasteiger partial charge on any atom is 0.255 e. The summed E-state index contributed by atoms with van der Waals surface area (Å²) in [5.74, 6) is 0.402. The van der Waals surface area contributed by atoms with Gasteiger partial charge >= 0.3 is 0 Å².